The monoisotopic (exact) mass is 358 g/mol. The molecule has 1 aliphatic heterocycles. The Hall–Kier alpha value is -1.86. The molecule has 1 unspecified atom stereocenters. The summed E-state index contributed by atoms with van der Waals surface area (Å²) in [5, 5.41) is 11.2. The third-order valence-corrected chi connectivity index (χ3v) is 4.31. The molecule has 8 nitrogen and oxygen atoms in total. The van der Waals surface area contributed by atoms with Crippen LogP contribution < -0.4 is 0 Å². The first-order valence-electron chi connectivity index (χ1n) is 8.58. The zero-order chi connectivity index (χ0) is 19.5. The molecule has 1 aliphatic rings. The lowest BCUT2D eigenvalue weighted by molar-refractivity contribution is -0.499. The molecule has 0 aliphatic carbocycles. The predicted octanol–water partition coefficient (Wildman–Crippen LogP) is 3.01. The van der Waals surface area contributed by atoms with Gasteiger partial charge in [0, 0.05) is 22.4 Å². The second-order valence-corrected chi connectivity index (χ2v) is 8.34. The van der Waals surface area contributed by atoms with Gasteiger partial charge in [0.15, 0.2) is 0 Å². The summed E-state index contributed by atoms with van der Waals surface area (Å²) in [6.45, 7) is 11.0. The Labute approximate surface area is 149 Å². The summed E-state index contributed by atoms with van der Waals surface area (Å²) >= 11 is 0. The van der Waals surface area contributed by atoms with Gasteiger partial charge in [-0.05, 0) is 54.4 Å². The number of hydrogen-bond donors (Lipinski definition) is 0. The molecule has 0 spiro atoms. The van der Waals surface area contributed by atoms with Gasteiger partial charge in [-0.2, -0.15) is 0 Å². The number of nitro groups is 1. The SMILES string of the molecule is CCOC(=O)CC1(C[N+](=O)[O-])CCN(C(=O)OC(C)(C)C)C(C)(C)C1. The number of carbonyl (C=O) groups is 2. The van der Waals surface area contributed by atoms with Gasteiger partial charge in [-0.1, -0.05) is 0 Å². The molecule has 8 heteroatoms. The number of ether oxygens (including phenoxy) is 2. The van der Waals surface area contributed by atoms with Crippen molar-refractivity contribution in [2.45, 2.75) is 71.9 Å². The highest BCUT2D eigenvalue weighted by atomic mass is 16.6. The van der Waals surface area contributed by atoms with Gasteiger partial charge < -0.3 is 14.4 Å². The Morgan fingerprint density at radius 2 is 1.88 bits per heavy atom. The number of nitrogens with zero attached hydrogens (tertiary/aromatic N) is 2. The topological polar surface area (TPSA) is 99.0 Å². The fraction of sp³-hybridized carbons (Fsp3) is 0.882. The molecule has 1 atom stereocenters. The third-order valence-electron chi connectivity index (χ3n) is 4.31. The lowest BCUT2D eigenvalue weighted by Gasteiger charge is -2.49. The van der Waals surface area contributed by atoms with Gasteiger partial charge in [0.1, 0.15) is 5.60 Å². The van der Waals surface area contributed by atoms with Crippen LogP contribution in [0.25, 0.3) is 0 Å². The highest BCUT2D eigenvalue weighted by Crippen LogP contribution is 2.43. The van der Waals surface area contributed by atoms with Crippen LogP contribution in [-0.2, 0) is 14.3 Å². The Balaban J connectivity index is 2.98. The van der Waals surface area contributed by atoms with E-state index < -0.39 is 33.5 Å². The van der Waals surface area contributed by atoms with E-state index in [9.17, 15) is 19.7 Å². The zero-order valence-electron chi connectivity index (χ0n) is 16.1. The molecule has 0 radical (unpaired) electrons. The molecule has 0 N–H and O–H groups in total. The van der Waals surface area contributed by atoms with Crippen molar-refractivity contribution in [1.82, 2.24) is 4.90 Å². The van der Waals surface area contributed by atoms with Gasteiger partial charge in [-0.3, -0.25) is 14.9 Å². The minimum absolute atomic E-state index is 0.0204. The quantitative estimate of drug-likeness (QED) is 0.425. The number of rotatable bonds is 5. The van der Waals surface area contributed by atoms with E-state index in [1.807, 2.05) is 13.8 Å². The number of piperidine rings is 1. The summed E-state index contributed by atoms with van der Waals surface area (Å²) in [5.74, 6) is -0.439. The lowest BCUT2D eigenvalue weighted by Crippen LogP contribution is -2.58. The van der Waals surface area contributed by atoms with Crippen molar-refractivity contribution in [3.63, 3.8) is 0 Å². The Morgan fingerprint density at radius 3 is 2.32 bits per heavy atom. The van der Waals surface area contributed by atoms with Crippen LogP contribution in [0.3, 0.4) is 0 Å². The first-order valence-corrected chi connectivity index (χ1v) is 8.58. The van der Waals surface area contributed by atoms with Crippen LogP contribution in [0.15, 0.2) is 0 Å². The highest BCUT2D eigenvalue weighted by Gasteiger charge is 2.50. The Morgan fingerprint density at radius 1 is 1.28 bits per heavy atom. The second kappa shape index (κ2) is 7.58. The molecule has 1 rings (SSSR count). The van der Waals surface area contributed by atoms with E-state index >= 15 is 0 Å². The molecule has 144 valence electrons. The maximum Gasteiger partial charge on any atom is 0.410 e. The number of carbonyl (C=O) groups excluding carboxylic acids is 2. The molecule has 0 bridgehead atoms. The van der Waals surface area contributed by atoms with Crippen molar-refractivity contribution in [1.29, 1.82) is 0 Å². The normalized spacial score (nSPS) is 23.0. The van der Waals surface area contributed by atoms with Crippen molar-refractivity contribution in [2.75, 3.05) is 19.7 Å². The lowest BCUT2D eigenvalue weighted by atomic mass is 9.68. The van der Waals surface area contributed by atoms with Crippen LogP contribution in [0.2, 0.25) is 0 Å². The molecule has 1 amide bonds. The maximum absolute atomic E-state index is 12.5. The van der Waals surface area contributed by atoms with Gasteiger partial charge >= 0.3 is 12.1 Å². The van der Waals surface area contributed by atoms with Gasteiger partial charge in [0.05, 0.1) is 13.0 Å². The van der Waals surface area contributed by atoms with E-state index in [1.54, 1.807) is 32.6 Å². The van der Waals surface area contributed by atoms with Crippen LogP contribution >= 0.6 is 0 Å². The molecule has 1 fully saturated rings. The number of hydrogen-bond acceptors (Lipinski definition) is 6. The van der Waals surface area contributed by atoms with E-state index in [4.69, 9.17) is 9.47 Å². The molecule has 0 aromatic carbocycles. The first-order chi connectivity index (χ1) is 11.3. The summed E-state index contributed by atoms with van der Waals surface area (Å²) in [6.07, 6.45) is 0.227. The summed E-state index contributed by atoms with van der Waals surface area (Å²) in [6, 6.07) is 0. The molecule has 0 aromatic rings. The van der Waals surface area contributed by atoms with Gasteiger partial charge in [-0.25, -0.2) is 4.79 Å². The van der Waals surface area contributed by atoms with Crippen LogP contribution in [0.4, 0.5) is 4.79 Å². The van der Waals surface area contributed by atoms with Crippen molar-refractivity contribution in [2.24, 2.45) is 5.41 Å². The fourth-order valence-electron chi connectivity index (χ4n) is 3.54. The summed E-state index contributed by atoms with van der Waals surface area (Å²) in [4.78, 5) is 36.8. The van der Waals surface area contributed by atoms with Gasteiger partial charge in [0.25, 0.3) is 0 Å². The van der Waals surface area contributed by atoms with Crippen molar-refractivity contribution >= 4 is 12.1 Å². The van der Waals surface area contributed by atoms with Crippen molar-refractivity contribution < 1.29 is 24.0 Å². The fourth-order valence-corrected chi connectivity index (χ4v) is 3.54. The van der Waals surface area contributed by atoms with Crippen molar-refractivity contribution in [3.05, 3.63) is 10.1 Å². The maximum atomic E-state index is 12.5. The number of likely N-dealkylation sites (tertiary alicyclic amines) is 1. The minimum atomic E-state index is -0.822. The average Bonchev–Trinajstić information content (AvgIpc) is 2.33. The molecule has 0 saturated carbocycles. The van der Waals surface area contributed by atoms with E-state index in [1.165, 1.54) is 0 Å². The van der Waals surface area contributed by atoms with Gasteiger partial charge in [-0.15, -0.1) is 0 Å². The van der Waals surface area contributed by atoms with E-state index in [0.29, 0.717) is 19.4 Å². The minimum Gasteiger partial charge on any atom is -0.466 e. The molecular weight excluding hydrogens is 328 g/mol. The van der Waals surface area contributed by atoms with Gasteiger partial charge in [0.2, 0.25) is 6.54 Å². The zero-order valence-corrected chi connectivity index (χ0v) is 16.1. The standard InChI is InChI=1S/C17H30N2O6/c1-7-24-13(20)10-17(12-19(22)23)8-9-18(16(5,6)11-17)14(21)25-15(2,3)4/h7-12H2,1-6H3. The Bertz CT molecular complexity index is 526. The molecular formula is C17H30N2O6. The average molecular weight is 358 g/mol. The van der Waals surface area contributed by atoms with Crippen LogP contribution in [0.5, 0.6) is 0 Å². The first kappa shape index (κ1) is 21.2. The summed E-state index contributed by atoms with van der Waals surface area (Å²) in [7, 11) is 0. The second-order valence-electron chi connectivity index (χ2n) is 8.34. The van der Waals surface area contributed by atoms with Crippen LogP contribution in [-0.4, -0.2) is 52.7 Å². The van der Waals surface area contributed by atoms with E-state index in [2.05, 4.69) is 0 Å². The molecule has 25 heavy (non-hydrogen) atoms. The summed E-state index contributed by atoms with van der Waals surface area (Å²) in [5.41, 5.74) is -2.10. The molecule has 1 saturated heterocycles. The molecule has 1 heterocycles. The predicted molar refractivity (Wildman–Crippen MR) is 91.8 cm³/mol. The summed E-state index contributed by atoms with van der Waals surface area (Å²) < 4.78 is 10.4. The largest absolute Gasteiger partial charge is 0.466 e. The number of amides is 1. The van der Waals surface area contributed by atoms with Crippen LogP contribution in [0, 0.1) is 15.5 Å². The smallest absolute Gasteiger partial charge is 0.410 e. The van der Waals surface area contributed by atoms with E-state index in [0.717, 1.165) is 0 Å². The van der Waals surface area contributed by atoms with Crippen LogP contribution in [0.1, 0.15) is 60.8 Å². The number of esters is 1. The third kappa shape index (κ3) is 6.17. The molecule has 0 aromatic heterocycles. The van der Waals surface area contributed by atoms with E-state index in [-0.39, 0.29) is 19.6 Å². The van der Waals surface area contributed by atoms with Crippen molar-refractivity contribution in [3.8, 4) is 0 Å². The Kier molecular flexibility index (Phi) is 6.42. The highest BCUT2D eigenvalue weighted by molar-refractivity contribution is 5.71.